The summed E-state index contributed by atoms with van der Waals surface area (Å²) in [6.45, 7) is 8.54. The maximum Gasteiger partial charge on any atom is 0.320 e. The Hall–Kier alpha value is -0.570. The van der Waals surface area contributed by atoms with E-state index in [4.69, 9.17) is 0 Å². The first-order valence-electron chi connectivity index (χ1n) is 12.6. The molecule has 0 aromatic carbocycles. The van der Waals surface area contributed by atoms with E-state index < -0.39 is 5.97 Å². The lowest BCUT2D eigenvalue weighted by atomic mass is 10.1. The van der Waals surface area contributed by atoms with Gasteiger partial charge in [0.05, 0.1) is 0 Å². The molecule has 0 aliphatic heterocycles. The van der Waals surface area contributed by atoms with Crippen molar-refractivity contribution in [3.8, 4) is 0 Å². The van der Waals surface area contributed by atoms with E-state index in [1.165, 1.54) is 89.9 Å². The lowest BCUT2D eigenvalue weighted by Gasteiger charge is -2.29. The van der Waals surface area contributed by atoms with Crippen molar-refractivity contribution >= 4 is 5.97 Å². The summed E-state index contributed by atoms with van der Waals surface area (Å²) in [6, 6.07) is -0.279. The van der Waals surface area contributed by atoms with Crippen LogP contribution in [0.2, 0.25) is 0 Å². The summed E-state index contributed by atoms with van der Waals surface area (Å²) < 4.78 is 0. The molecule has 1 N–H and O–H groups in total. The average molecular weight is 398 g/mol. The second-order valence-corrected chi connectivity index (χ2v) is 8.63. The van der Waals surface area contributed by atoms with E-state index in [9.17, 15) is 9.90 Å². The molecule has 0 aromatic rings. The molecule has 3 nitrogen and oxygen atoms in total. The van der Waals surface area contributed by atoms with Crippen LogP contribution in [0, 0.1) is 0 Å². The highest BCUT2D eigenvalue weighted by Crippen LogP contribution is 2.15. The minimum atomic E-state index is -0.624. The number of unbranched alkanes of at least 4 members (excludes halogenated alkanes) is 14. The monoisotopic (exact) mass is 397 g/mol. The fraction of sp³-hybridized carbons (Fsp3) is 0.960. The standard InChI is InChI=1S/C25H51NO2/c1-4-7-9-11-13-15-17-19-22-26(24(21-6-3)25(27)28)23-20-18-16-14-12-10-8-5-2/h24H,4-23H2,1-3H3,(H,27,28). The summed E-state index contributed by atoms with van der Waals surface area (Å²) in [5.74, 6) is -0.624. The topological polar surface area (TPSA) is 40.5 Å². The average Bonchev–Trinajstić information content (AvgIpc) is 2.68. The molecule has 0 fully saturated rings. The molecule has 0 bridgehead atoms. The predicted molar refractivity (Wildman–Crippen MR) is 123 cm³/mol. The first kappa shape index (κ1) is 27.4. The first-order chi connectivity index (χ1) is 13.7. The van der Waals surface area contributed by atoms with Crippen molar-refractivity contribution in [2.75, 3.05) is 13.1 Å². The van der Waals surface area contributed by atoms with Crippen molar-refractivity contribution in [3.63, 3.8) is 0 Å². The third-order valence-corrected chi connectivity index (χ3v) is 5.89. The van der Waals surface area contributed by atoms with Gasteiger partial charge in [0.1, 0.15) is 6.04 Å². The number of carbonyl (C=O) groups is 1. The number of carboxylic acids is 1. The van der Waals surface area contributed by atoms with Gasteiger partial charge < -0.3 is 5.11 Å². The quantitative estimate of drug-likeness (QED) is 0.189. The van der Waals surface area contributed by atoms with Gasteiger partial charge in [-0.2, -0.15) is 0 Å². The van der Waals surface area contributed by atoms with Gasteiger partial charge >= 0.3 is 5.97 Å². The molecule has 0 saturated heterocycles. The van der Waals surface area contributed by atoms with Gasteiger partial charge in [-0.05, 0) is 32.4 Å². The number of hydrogen-bond acceptors (Lipinski definition) is 2. The van der Waals surface area contributed by atoms with Gasteiger partial charge in [-0.3, -0.25) is 9.69 Å². The van der Waals surface area contributed by atoms with Crippen LogP contribution >= 0.6 is 0 Å². The first-order valence-corrected chi connectivity index (χ1v) is 12.6. The highest BCUT2D eigenvalue weighted by atomic mass is 16.4. The van der Waals surface area contributed by atoms with E-state index >= 15 is 0 Å². The van der Waals surface area contributed by atoms with E-state index in [0.717, 1.165) is 38.8 Å². The molecule has 28 heavy (non-hydrogen) atoms. The molecule has 1 unspecified atom stereocenters. The largest absolute Gasteiger partial charge is 0.480 e. The Labute approximate surface area is 176 Å². The van der Waals surface area contributed by atoms with Crippen LogP contribution < -0.4 is 0 Å². The van der Waals surface area contributed by atoms with Crippen LogP contribution in [0.15, 0.2) is 0 Å². The van der Waals surface area contributed by atoms with Crippen LogP contribution in [0.3, 0.4) is 0 Å². The molecule has 0 amide bonds. The Kier molecular flexibility index (Phi) is 20.7. The number of carboxylic acid groups (broad SMARTS) is 1. The molecule has 0 rings (SSSR count). The fourth-order valence-electron chi connectivity index (χ4n) is 4.06. The molecule has 0 spiro atoms. The molecule has 0 aliphatic carbocycles. The highest BCUT2D eigenvalue weighted by molar-refractivity contribution is 5.73. The van der Waals surface area contributed by atoms with Gasteiger partial charge in [0.25, 0.3) is 0 Å². The Morgan fingerprint density at radius 3 is 1.29 bits per heavy atom. The van der Waals surface area contributed by atoms with Crippen LogP contribution in [0.1, 0.15) is 136 Å². The maximum absolute atomic E-state index is 11.8. The lowest BCUT2D eigenvalue weighted by molar-refractivity contribution is -0.143. The Morgan fingerprint density at radius 1 is 0.607 bits per heavy atom. The lowest BCUT2D eigenvalue weighted by Crippen LogP contribution is -2.42. The zero-order valence-electron chi connectivity index (χ0n) is 19.5. The van der Waals surface area contributed by atoms with Crippen molar-refractivity contribution in [1.29, 1.82) is 0 Å². The van der Waals surface area contributed by atoms with Crippen molar-refractivity contribution < 1.29 is 9.90 Å². The van der Waals surface area contributed by atoms with E-state index in [-0.39, 0.29) is 6.04 Å². The van der Waals surface area contributed by atoms with Crippen LogP contribution in [0.25, 0.3) is 0 Å². The van der Waals surface area contributed by atoms with Gasteiger partial charge in [-0.1, -0.05) is 117 Å². The summed E-state index contributed by atoms with van der Waals surface area (Å²) in [4.78, 5) is 14.0. The number of hydrogen-bond donors (Lipinski definition) is 1. The Balaban J connectivity index is 4.09. The highest BCUT2D eigenvalue weighted by Gasteiger charge is 2.23. The zero-order chi connectivity index (χ0) is 20.9. The number of nitrogens with zero attached hydrogens (tertiary/aromatic N) is 1. The predicted octanol–water partition coefficient (Wildman–Crippen LogP) is 7.82. The third-order valence-electron chi connectivity index (χ3n) is 5.89. The molecule has 0 aromatic heterocycles. The van der Waals surface area contributed by atoms with Crippen LogP contribution in [-0.2, 0) is 4.79 Å². The van der Waals surface area contributed by atoms with Crippen LogP contribution in [-0.4, -0.2) is 35.1 Å². The molecule has 168 valence electrons. The molecular formula is C25H51NO2. The van der Waals surface area contributed by atoms with E-state index in [1.54, 1.807) is 0 Å². The smallest absolute Gasteiger partial charge is 0.320 e. The summed E-state index contributed by atoms with van der Waals surface area (Å²) in [7, 11) is 0. The number of aliphatic carboxylic acids is 1. The summed E-state index contributed by atoms with van der Waals surface area (Å²) >= 11 is 0. The molecular weight excluding hydrogens is 346 g/mol. The minimum absolute atomic E-state index is 0.279. The summed E-state index contributed by atoms with van der Waals surface area (Å²) in [5, 5.41) is 9.68. The molecule has 0 radical (unpaired) electrons. The second-order valence-electron chi connectivity index (χ2n) is 8.63. The minimum Gasteiger partial charge on any atom is -0.480 e. The zero-order valence-corrected chi connectivity index (χ0v) is 19.5. The second kappa shape index (κ2) is 21.1. The molecule has 3 heteroatoms. The van der Waals surface area contributed by atoms with Gasteiger partial charge in [-0.25, -0.2) is 0 Å². The number of rotatable bonds is 22. The van der Waals surface area contributed by atoms with Crippen LogP contribution in [0.4, 0.5) is 0 Å². The van der Waals surface area contributed by atoms with E-state index in [0.29, 0.717) is 0 Å². The SMILES string of the molecule is CCCCCCCCCCN(CCCCCCCCCC)C(CCC)C(=O)O. The van der Waals surface area contributed by atoms with Crippen LogP contribution in [0.5, 0.6) is 0 Å². The van der Waals surface area contributed by atoms with Crippen molar-refractivity contribution in [2.24, 2.45) is 0 Å². The van der Waals surface area contributed by atoms with Gasteiger partial charge in [0, 0.05) is 0 Å². The van der Waals surface area contributed by atoms with Crippen molar-refractivity contribution in [1.82, 2.24) is 4.90 Å². The summed E-state index contributed by atoms with van der Waals surface area (Å²) in [5.41, 5.74) is 0. The van der Waals surface area contributed by atoms with E-state index in [1.807, 2.05) is 0 Å². The fourth-order valence-corrected chi connectivity index (χ4v) is 4.06. The molecule has 0 aliphatic rings. The van der Waals surface area contributed by atoms with Gasteiger partial charge in [0.15, 0.2) is 0 Å². The van der Waals surface area contributed by atoms with Gasteiger partial charge in [0.2, 0.25) is 0 Å². The summed E-state index contributed by atoms with van der Waals surface area (Å²) in [6.07, 6.45) is 22.6. The maximum atomic E-state index is 11.8. The Bertz CT molecular complexity index is 313. The molecule has 1 atom stereocenters. The third kappa shape index (κ3) is 16.4. The van der Waals surface area contributed by atoms with Gasteiger partial charge in [-0.15, -0.1) is 0 Å². The molecule has 0 heterocycles. The van der Waals surface area contributed by atoms with Crippen molar-refractivity contribution in [2.45, 2.75) is 142 Å². The van der Waals surface area contributed by atoms with E-state index in [2.05, 4.69) is 25.7 Å². The molecule has 0 saturated carbocycles. The normalized spacial score (nSPS) is 12.6. The van der Waals surface area contributed by atoms with Crippen molar-refractivity contribution in [3.05, 3.63) is 0 Å². The Morgan fingerprint density at radius 2 is 0.964 bits per heavy atom.